The first kappa shape index (κ1) is 8.60. The molecule has 11 heavy (non-hydrogen) atoms. The summed E-state index contributed by atoms with van der Waals surface area (Å²) in [6.07, 6.45) is 1.79. The molecule has 3 heteroatoms. The Morgan fingerprint density at radius 3 is 2.18 bits per heavy atom. The molecular formula is C8H13ClN2. The largest absolute Gasteiger partial charge is 0.249 e. The van der Waals surface area contributed by atoms with Crippen LogP contribution in [0.4, 0.5) is 0 Å². The van der Waals surface area contributed by atoms with Crippen molar-refractivity contribution in [2.45, 2.75) is 33.2 Å². The Balaban J connectivity index is 3.15. The predicted octanol–water partition coefficient (Wildman–Crippen LogP) is 2.60. The van der Waals surface area contributed by atoms with Gasteiger partial charge in [-0.2, -0.15) is 5.10 Å². The fourth-order valence-electron chi connectivity index (χ4n) is 0.883. The van der Waals surface area contributed by atoms with Crippen molar-refractivity contribution in [3.05, 3.63) is 16.9 Å². The van der Waals surface area contributed by atoms with Crippen LogP contribution in [0.2, 0.25) is 5.15 Å². The molecule has 0 spiro atoms. The molecule has 2 nitrogen and oxygen atoms in total. The van der Waals surface area contributed by atoms with Crippen molar-refractivity contribution in [2.24, 2.45) is 0 Å². The van der Waals surface area contributed by atoms with E-state index in [1.807, 2.05) is 11.6 Å². The van der Waals surface area contributed by atoms with Gasteiger partial charge in [0, 0.05) is 5.56 Å². The van der Waals surface area contributed by atoms with Crippen LogP contribution < -0.4 is 0 Å². The lowest BCUT2D eigenvalue weighted by Gasteiger charge is -2.20. The smallest absolute Gasteiger partial charge is 0.130 e. The van der Waals surface area contributed by atoms with E-state index in [2.05, 4.69) is 25.9 Å². The molecule has 1 aromatic rings. The SMILES string of the molecule is Cc1cnn(C(C)(C)C)c1Cl. The van der Waals surface area contributed by atoms with Gasteiger partial charge in [0.25, 0.3) is 0 Å². The van der Waals surface area contributed by atoms with Crippen LogP contribution >= 0.6 is 11.6 Å². The fraction of sp³-hybridized carbons (Fsp3) is 0.625. The Kier molecular flexibility index (Phi) is 1.97. The second-order valence-electron chi connectivity index (χ2n) is 3.70. The van der Waals surface area contributed by atoms with E-state index in [0.29, 0.717) is 0 Å². The summed E-state index contributed by atoms with van der Waals surface area (Å²) in [5.74, 6) is 0. The molecule has 1 aromatic heterocycles. The number of hydrogen-bond donors (Lipinski definition) is 0. The van der Waals surface area contributed by atoms with Gasteiger partial charge in [0.1, 0.15) is 5.15 Å². The minimum absolute atomic E-state index is 0.0225. The third-order valence-corrected chi connectivity index (χ3v) is 1.97. The quantitative estimate of drug-likeness (QED) is 0.588. The molecule has 0 atom stereocenters. The zero-order valence-electron chi connectivity index (χ0n) is 7.35. The van der Waals surface area contributed by atoms with Crippen LogP contribution in [-0.4, -0.2) is 9.78 Å². The van der Waals surface area contributed by atoms with Gasteiger partial charge in [0.05, 0.1) is 11.7 Å². The van der Waals surface area contributed by atoms with Gasteiger partial charge >= 0.3 is 0 Å². The number of nitrogens with zero attached hydrogens (tertiary/aromatic N) is 2. The third-order valence-electron chi connectivity index (χ3n) is 1.51. The molecule has 0 saturated carbocycles. The number of rotatable bonds is 0. The van der Waals surface area contributed by atoms with E-state index < -0.39 is 0 Å². The van der Waals surface area contributed by atoms with Gasteiger partial charge in [-0.1, -0.05) is 11.6 Å². The van der Waals surface area contributed by atoms with Crippen LogP contribution in [0.1, 0.15) is 26.3 Å². The number of aryl methyl sites for hydroxylation is 1. The van der Waals surface area contributed by atoms with Gasteiger partial charge < -0.3 is 0 Å². The highest BCUT2D eigenvalue weighted by atomic mass is 35.5. The maximum absolute atomic E-state index is 5.99. The Morgan fingerprint density at radius 2 is 2.00 bits per heavy atom. The predicted molar refractivity (Wildman–Crippen MR) is 47.0 cm³/mol. The van der Waals surface area contributed by atoms with E-state index >= 15 is 0 Å². The average molecular weight is 173 g/mol. The van der Waals surface area contributed by atoms with Gasteiger partial charge in [0.2, 0.25) is 0 Å². The Labute approximate surface area is 72.2 Å². The van der Waals surface area contributed by atoms with E-state index in [4.69, 9.17) is 11.6 Å². The first-order chi connectivity index (χ1) is 4.93. The van der Waals surface area contributed by atoms with Gasteiger partial charge in [-0.15, -0.1) is 0 Å². The van der Waals surface area contributed by atoms with Crippen molar-refractivity contribution in [1.82, 2.24) is 9.78 Å². The second kappa shape index (κ2) is 2.52. The van der Waals surface area contributed by atoms with Crippen molar-refractivity contribution < 1.29 is 0 Å². The molecule has 0 aliphatic rings. The summed E-state index contributed by atoms with van der Waals surface area (Å²) in [4.78, 5) is 0. The molecule has 0 aliphatic heterocycles. The molecule has 0 bridgehead atoms. The van der Waals surface area contributed by atoms with Crippen LogP contribution in [0.25, 0.3) is 0 Å². The molecular weight excluding hydrogens is 160 g/mol. The van der Waals surface area contributed by atoms with Crippen molar-refractivity contribution >= 4 is 11.6 Å². The first-order valence-electron chi connectivity index (χ1n) is 3.63. The molecule has 0 aliphatic carbocycles. The van der Waals surface area contributed by atoms with Gasteiger partial charge in [0.15, 0.2) is 0 Å². The maximum Gasteiger partial charge on any atom is 0.130 e. The van der Waals surface area contributed by atoms with Crippen LogP contribution in [0.3, 0.4) is 0 Å². The van der Waals surface area contributed by atoms with Crippen molar-refractivity contribution in [3.8, 4) is 0 Å². The number of halogens is 1. The highest BCUT2D eigenvalue weighted by Gasteiger charge is 2.17. The highest BCUT2D eigenvalue weighted by Crippen LogP contribution is 2.22. The highest BCUT2D eigenvalue weighted by molar-refractivity contribution is 6.30. The zero-order valence-corrected chi connectivity index (χ0v) is 8.11. The standard InChI is InChI=1S/C8H13ClN2/c1-6-5-10-11(7(6)9)8(2,3)4/h5H,1-4H3. The van der Waals surface area contributed by atoms with E-state index in [0.717, 1.165) is 10.7 Å². The topological polar surface area (TPSA) is 17.8 Å². The van der Waals surface area contributed by atoms with Crippen molar-refractivity contribution in [1.29, 1.82) is 0 Å². The minimum Gasteiger partial charge on any atom is -0.249 e. The maximum atomic E-state index is 5.99. The summed E-state index contributed by atoms with van der Waals surface area (Å²) in [5, 5.41) is 4.91. The van der Waals surface area contributed by atoms with E-state index in [9.17, 15) is 0 Å². The second-order valence-corrected chi connectivity index (χ2v) is 4.06. The first-order valence-corrected chi connectivity index (χ1v) is 4.01. The van der Waals surface area contributed by atoms with Crippen LogP contribution in [-0.2, 0) is 5.54 Å². The third kappa shape index (κ3) is 1.56. The molecule has 0 unspecified atom stereocenters. The number of aromatic nitrogens is 2. The molecule has 1 heterocycles. The van der Waals surface area contributed by atoms with Gasteiger partial charge in [-0.25, -0.2) is 4.68 Å². The normalized spacial score (nSPS) is 12.1. The molecule has 0 aromatic carbocycles. The summed E-state index contributed by atoms with van der Waals surface area (Å²) in [7, 11) is 0. The molecule has 0 fully saturated rings. The summed E-state index contributed by atoms with van der Waals surface area (Å²) in [6.45, 7) is 8.18. The molecule has 0 radical (unpaired) electrons. The Bertz CT molecular complexity index is 258. The fourth-order valence-corrected chi connectivity index (χ4v) is 1.23. The summed E-state index contributed by atoms with van der Waals surface area (Å²) in [5.41, 5.74) is 1.01. The Morgan fingerprint density at radius 1 is 1.45 bits per heavy atom. The number of hydrogen-bond acceptors (Lipinski definition) is 1. The lowest BCUT2D eigenvalue weighted by molar-refractivity contribution is 0.356. The molecule has 1 rings (SSSR count). The summed E-state index contributed by atoms with van der Waals surface area (Å²) >= 11 is 5.99. The van der Waals surface area contributed by atoms with Crippen molar-refractivity contribution in [3.63, 3.8) is 0 Å². The minimum atomic E-state index is -0.0225. The van der Waals surface area contributed by atoms with Gasteiger partial charge in [-0.3, -0.25) is 0 Å². The lowest BCUT2D eigenvalue weighted by atomic mass is 10.1. The summed E-state index contributed by atoms with van der Waals surface area (Å²) in [6, 6.07) is 0. The van der Waals surface area contributed by atoms with Crippen molar-refractivity contribution in [2.75, 3.05) is 0 Å². The van der Waals surface area contributed by atoms with Crippen LogP contribution in [0.15, 0.2) is 6.20 Å². The summed E-state index contributed by atoms with van der Waals surface area (Å²) < 4.78 is 1.82. The van der Waals surface area contributed by atoms with E-state index in [-0.39, 0.29) is 5.54 Å². The molecule has 0 saturated heterocycles. The van der Waals surface area contributed by atoms with E-state index in [1.54, 1.807) is 6.20 Å². The zero-order chi connectivity index (χ0) is 8.65. The molecule has 62 valence electrons. The molecule has 0 amide bonds. The lowest BCUT2D eigenvalue weighted by Crippen LogP contribution is -2.23. The monoisotopic (exact) mass is 172 g/mol. The van der Waals surface area contributed by atoms with Crippen LogP contribution in [0.5, 0.6) is 0 Å². The average Bonchev–Trinajstić information content (AvgIpc) is 2.11. The molecule has 0 N–H and O–H groups in total. The Hall–Kier alpha value is -0.500. The van der Waals surface area contributed by atoms with Gasteiger partial charge in [-0.05, 0) is 27.7 Å². The van der Waals surface area contributed by atoms with E-state index in [1.165, 1.54) is 0 Å². The van der Waals surface area contributed by atoms with Crippen LogP contribution in [0, 0.1) is 6.92 Å².